The first-order valence-corrected chi connectivity index (χ1v) is 10.5. The van der Waals surface area contributed by atoms with Crippen LogP contribution in [0.3, 0.4) is 0 Å². The summed E-state index contributed by atoms with van der Waals surface area (Å²) in [4.78, 5) is 26.5. The number of hydrogen-bond donors (Lipinski definition) is 0. The van der Waals surface area contributed by atoms with E-state index in [1.54, 1.807) is 6.20 Å². The molecule has 150 valence electrons. The molecule has 2 aliphatic heterocycles. The monoisotopic (exact) mass is 383 g/mol. The SMILES string of the molecule is CCc1nc(-c2cccnc2N2CCCC(C(=O)N3CCCC(C)C3)C2)no1. The number of rotatable bonds is 4. The molecule has 0 bridgehead atoms. The molecule has 1 amide bonds. The average Bonchev–Trinajstić information content (AvgIpc) is 3.22. The Labute approximate surface area is 166 Å². The van der Waals surface area contributed by atoms with Crippen LogP contribution in [0.4, 0.5) is 5.82 Å². The van der Waals surface area contributed by atoms with E-state index < -0.39 is 0 Å². The lowest BCUT2D eigenvalue weighted by Gasteiger charge is -2.38. The van der Waals surface area contributed by atoms with Gasteiger partial charge in [0.05, 0.1) is 11.5 Å². The zero-order valence-electron chi connectivity index (χ0n) is 16.8. The largest absolute Gasteiger partial charge is 0.355 e. The minimum absolute atomic E-state index is 0.0328. The van der Waals surface area contributed by atoms with E-state index in [-0.39, 0.29) is 5.92 Å². The number of likely N-dealkylation sites (tertiary alicyclic amines) is 1. The van der Waals surface area contributed by atoms with Gasteiger partial charge in [0.15, 0.2) is 0 Å². The number of carbonyl (C=O) groups excluding carboxylic acids is 1. The van der Waals surface area contributed by atoms with Gasteiger partial charge in [0.25, 0.3) is 0 Å². The fraction of sp³-hybridized carbons (Fsp3) is 0.619. The van der Waals surface area contributed by atoms with Crippen molar-refractivity contribution in [2.45, 2.75) is 46.0 Å². The second-order valence-electron chi connectivity index (χ2n) is 8.06. The van der Waals surface area contributed by atoms with Crippen molar-refractivity contribution in [2.24, 2.45) is 11.8 Å². The molecule has 28 heavy (non-hydrogen) atoms. The summed E-state index contributed by atoms with van der Waals surface area (Å²) in [6, 6.07) is 3.87. The summed E-state index contributed by atoms with van der Waals surface area (Å²) in [7, 11) is 0. The molecule has 2 aromatic rings. The summed E-state index contributed by atoms with van der Waals surface area (Å²) in [6.07, 6.45) is 6.77. The molecule has 7 nitrogen and oxygen atoms in total. The predicted molar refractivity (Wildman–Crippen MR) is 107 cm³/mol. The molecule has 7 heteroatoms. The molecule has 2 atom stereocenters. The highest BCUT2D eigenvalue weighted by atomic mass is 16.5. The fourth-order valence-corrected chi connectivity index (χ4v) is 4.35. The Kier molecular flexibility index (Phi) is 5.59. The Hall–Kier alpha value is -2.44. The van der Waals surface area contributed by atoms with Crippen molar-refractivity contribution in [2.75, 3.05) is 31.1 Å². The van der Waals surface area contributed by atoms with Crippen LogP contribution in [0, 0.1) is 11.8 Å². The molecule has 0 aromatic carbocycles. The summed E-state index contributed by atoms with van der Waals surface area (Å²) >= 11 is 0. The van der Waals surface area contributed by atoms with Gasteiger partial charge in [-0.15, -0.1) is 0 Å². The van der Waals surface area contributed by atoms with Crippen LogP contribution in [0.25, 0.3) is 11.4 Å². The fourth-order valence-electron chi connectivity index (χ4n) is 4.35. The summed E-state index contributed by atoms with van der Waals surface area (Å²) in [6.45, 7) is 7.62. The third-order valence-corrected chi connectivity index (χ3v) is 5.84. The predicted octanol–water partition coefficient (Wildman–Crippen LogP) is 3.17. The Morgan fingerprint density at radius 1 is 1.25 bits per heavy atom. The molecule has 2 aliphatic rings. The number of nitrogens with zero attached hydrogens (tertiary/aromatic N) is 5. The lowest BCUT2D eigenvalue weighted by atomic mass is 9.93. The maximum Gasteiger partial charge on any atom is 0.227 e. The van der Waals surface area contributed by atoms with Crippen molar-refractivity contribution < 1.29 is 9.32 Å². The van der Waals surface area contributed by atoms with E-state index in [2.05, 4.69) is 31.8 Å². The number of piperidine rings is 2. The number of carbonyl (C=O) groups is 1. The van der Waals surface area contributed by atoms with Crippen LogP contribution in [0.2, 0.25) is 0 Å². The van der Waals surface area contributed by atoms with Gasteiger partial charge in [0.2, 0.25) is 17.6 Å². The van der Waals surface area contributed by atoms with Gasteiger partial charge in [-0.25, -0.2) is 4.98 Å². The van der Waals surface area contributed by atoms with Crippen molar-refractivity contribution in [3.8, 4) is 11.4 Å². The van der Waals surface area contributed by atoms with Gasteiger partial charge >= 0.3 is 0 Å². The third-order valence-electron chi connectivity index (χ3n) is 5.84. The number of aryl methyl sites for hydroxylation is 1. The van der Waals surface area contributed by atoms with Gasteiger partial charge in [0.1, 0.15) is 5.82 Å². The van der Waals surface area contributed by atoms with E-state index in [1.165, 1.54) is 6.42 Å². The first kappa shape index (κ1) is 18.9. The Bertz CT molecular complexity index is 821. The van der Waals surface area contributed by atoms with Crippen molar-refractivity contribution in [3.05, 3.63) is 24.2 Å². The van der Waals surface area contributed by atoms with E-state index in [0.717, 1.165) is 50.3 Å². The molecule has 2 aromatic heterocycles. The molecule has 2 unspecified atom stereocenters. The molecule has 0 radical (unpaired) electrons. The van der Waals surface area contributed by atoms with Crippen LogP contribution in [0.15, 0.2) is 22.9 Å². The lowest BCUT2D eigenvalue weighted by molar-refractivity contribution is -0.137. The topological polar surface area (TPSA) is 75.4 Å². The Morgan fingerprint density at radius 2 is 2.11 bits per heavy atom. The minimum Gasteiger partial charge on any atom is -0.355 e. The van der Waals surface area contributed by atoms with E-state index in [4.69, 9.17) is 4.52 Å². The van der Waals surface area contributed by atoms with Gasteiger partial charge in [-0.3, -0.25) is 4.79 Å². The van der Waals surface area contributed by atoms with Gasteiger partial charge in [-0.2, -0.15) is 4.98 Å². The van der Waals surface area contributed by atoms with Crippen LogP contribution in [0.1, 0.15) is 45.4 Å². The van der Waals surface area contributed by atoms with Gasteiger partial charge in [-0.05, 0) is 43.7 Å². The Morgan fingerprint density at radius 3 is 2.89 bits per heavy atom. The second-order valence-corrected chi connectivity index (χ2v) is 8.06. The number of aromatic nitrogens is 3. The highest BCUT2D eigenvalue weighted by Gasteiger charge is 2.32. The van der Waals surface area contributed by atoms with Crippen LogP contribution < -0.4 is 4.90 Å². The van der Waals surface area contributed by atoms with Gasteiger partial charge in [0, 0.05) is 38.8 Å². The molecule has 2 fully saturated rings. The Balaban J connectivity index is 1.53. The molecular formula is C21H29N5O2. The average molecular weight is 383 g/mol. The summed E-state index contributed by atoms with van der Waals surface area (Å²) in [5, 5.41) is 4.12. The van der Waals surface area contributed by atoms with E-state index in [1.807, 2.05) is 19.1 Å². The summed E-state index contributed by atoms with van der Waals surface area (Å²) in [5.41, 5.74) is 0.866. The summed E-state index contributed by atoms with van der Waals surface area (Å²) < 4.78 is 5.29. The third kappa shape index (κ3) is 3.88. The zero-order valence-corrected chi connectivity index (χ0v) is 16.8. The highest BCUT2D eigenvalue weighted by molar-refractivity contribution is 5.80. The first-order valence-electron chi connectivity index (χ1n) is 10.5. The molecule has 4 rings (SSSR count). The maximum atomic E-state index is 13.1. The number of pyridine rings is 1. The second kappa shape index (κ2) is 8.29. The van der Waals surface area contributed by atoms with Crippen LogP contribution in [-0.4, -0.2) is 52.1 Å². The molecular weight excluding hydrogens is 354 g/mol. The molecule has 2 saturated heterocycles. The smallest absolute Gasteiger partial charge is 0.227 e. The van der Waals surface area contributed by atoms with Crippen molar-refractivity contribution in [1.29, 1.82) is 0 Å². The summed E-state index contributed by atoms with van der Waals surface area (Å²) in [5.74, 6) is 2.97. The number of amides is 1. The molecule has 0 N–H and O–H groups in total. The van der Waals surface area contributed by atoms with Gasteiger partial charge < -0.3 is 14.3 Å². The minimum atomic E-state index is 0.0328. The zero-order chi connectivity index (χ0) is 19.5. The quantitative estimate of drug-likeness (QED) is 0.807. The van der Waals surface area contributed by atoms with E-state index >= 15 is 0 Å². The molecule has 4 heterocycles. The highest BCUT2D eigenvalue weighted by Crippen LogP contribution is 2.31. The van der Waals surface area contributed by atoms with Crippen molar-refractivity contribution in [1.82, 2.24) is 20.0 Å². The molecule has 0 aliphatic carbocycles. The normalized spacial score (nSPS) is 23.1. The van der Waals surface area contributed by atoms with Crippen LogP contribution in [-0.2, 0) is 11.2 Å². The van der Waals surface area contributed by atoms with Crippen molar-refractivity contribution in [3.63, 3.8) is 0 Å². The van der Waals surface area contributed by atoms with E-state index in [0.29, 0.717) is 36.5 Å². The number of anilines is 1. The lowest BCUT2D eigenvalue weighted by Crippen LogP contribution is -2.48. The van der Waals surface area contributed by atoms with Gasteiger partial charge in [-0.1, -0.05) is 19.0 Å². The maximum absolute atomic E-state index is 13.1. The van der Waals surface area contributed by atoms with E-state index in [9.17, 15) is 4.79 Å². The molecule has 0 saturated carbocycles. The molecule has 0 spiro atoms. The first-order chi connectivity index (χ1) is 13.7. The van der Waals surface area contributed by atoms with Crippen molar-refractivity contribution >= 4 is 11.7 Å². The van der Waals surface area contributed by atoms with Crippen LogP contribution in [0.5, 0.6) is 0 Å². The standard InChI is InChI=1S/C21H29N5O2/c1-3-18-23-19(24-28-18)17-9-4-10-22-20(17)25-11-6-8-16(14-25)21(27)26-12-5-7-15(2)13-26/h4,9-10,15-16H,3,5-8,11-14H2,1-2H3. The van der Waals surface area contributed by atoms with Crippen LogP contribution >= 0.6 is 0 Å². The number of hydrogen-bond acceptors (Lipinski definition) is 6.